The minimum atomic E-state index is -0.368. The van der Waals surface area contributed by atoms with Gasteiger partial charge in [0.15, 0.2) is 4.96 Å². The summed E-state index contributed by atoms with van der Waals surface area (Å²) in [7, 11) is 0. The molecule has 23 heavy (non-hydrogen) atoms. The molecule has 3 rings (SSSR count). The van der Waals surface area contributed by atoms with Crippen LogP contribution in [0.5, 0.6) is 0 Å². The van der Waals surface area contributed by atoms with Crippen LogP contribution in [0.4, 0.5) is 0 Å². The summed E-state index contributed by atoms with van der Waals surface area (Å²) in [5.74, 6) is 0.124. The fourth-order valence-electron chi connectivity index (χ4n) is 2.93. The van der Waals surface area contributed by atoms with Gasteiger partial charge in [-0.25, -0.2) is 4.98 Å². The molecule has 1 aliphatic rings. The zero-order valence-electron chi connectivity index (χ0n) is 13.3. The second kappa shape index (κ2) is 6.80. The molecule has 7 heteroatoms. The molecule has 1 saturated heterocycles. The maximum Gasteiger partial charge on any atom is 0.271 e. The maximum atomic E-state index is 12.5. The number of carbonyl (C=O) groups is 1. The molecule has 124 valence electrons. The molecule has 2 atom stereocenters. The van der Waals surface area contributed by atoms with Gasteiger partial charge in [-0.3, -0.25) is 14.0 Å². The monoisotopic (exact) mass is 335 g/mol. The van der Waals surface area contributed by atoms with E-state index in [0.717, 1.165) is 25.9 Å². The van der Waals surface area contributed by atoms with Crippen molar-refractivity contribution in [1.82, 2.24) is 14.7 Å². The Morgan fingerprint density at radius 1 is 1.57 bits per heavy atom. The molecular formula is C16H21N3O3S. The lowest BCUT2D eigenvalue weighted by Gasteiger charge is -2.33. The van der Waals surface area contributed by atoms with Crippen LogP contribution in [0, 0.1) is 5.92 Å². The number of aromatic nitrogens is 2. The van der Waals surface area contributed by atoms with Crippen molar-refractivity contribution in [2.45, 2.75) is 45.3 Å². The first-order valence-electron chi connectivity index (χ1n) is 7.93. The third-order valence-corrected chi connectivity index (χ3v) is 4.82. The van der Waals surface area contributed by atoms with Crippen LogP contribution in [0.3, 0.4) is 0 Å². The molecule has 0 aromatic carbocycles. The molecule has 1 fully saturated rings. The Labute approximate surface area is 138 Å². The van der Waals surface area contributed by atoms with Crippen molar-refractivity contribution in [2.75, 3.05) is 6.61 Å². The van der Waals surface area contributed by atoms with E-state index in [9.17, 15) is 9.59 Å². The molecule has 3 heterocycles. The van der Waals surface area contributed by atoms with Gasteiger partial charge < -0.3 is 10.1 Å². The van der Waals surface area contributed by atoms with Crippen LogP contribution < -0.4 is 10.9 Å². The molecule has 6 nitrogen and oxygen atoms in total. The van der Waals surface area contributed by atoms with Gasteiger partial charge in [0.25, 0.3) is 11.5 Å². The second-order valence-electron chi connectivity index (χ2n) is 6.29. The molecule has 0 unspecified atom stereocenters. The van der Waals surface area contributed by atoms with Crippen molar-refractivity contribution >= 4 is 22.2 Å². The van der Waals surface area contributed by atoms with Crippen molar-refractivity contribution in [3.63, 3.8) is 0 Å². The number of amides is 1. The summed E-state index contributed by atoms with van der Waals surface area (Å²) in [6.07, 6.45) is 5.69. The lowest BCUT2D eigenvalue weighted by molar-refractivity contribution is -0.0186. The molecule has 0 radical (unpaired) electrons. The van der Waals surface area contributed by atoms with Crippen LogP contribution in [0.2, 0.25) is 0 Å². The van der Waals surface area contributed by atoms with E-state index in [0.29, 0.717) is 10.9 Å². The Balaban J connectivity index is 1.79. The molecule has 2 aromatic heterocycles. The van der Waals surface area contributed by atoms with Crippen molar-refractivity contribution < 1.29 is 9.53 Å². The highest BCUT2D eigenvalue weighted by atomic mass is 32.1. The van der Waals surface area contributed by atoms with Gasteiger partial charge in [-0.2, -0.15) is 0 Å². The van der Waals surface area contributed by atoms with Gasteiger partial charge in [-0.05, 0) is 25.2 Å². The Bertz CT molecular complexity index is 752. The third-order valence-electron chi connectivity index (χ3n) is 4.05. The molecule has 0 aliphatic carbocycles. The van der Waals surface area contributed by atoms with Crippen molar-refractivity contribution in [3.8, 4) is 0 Å². The van der Waals surface area contributed by atoms with Crippen LogP contribution in [-0.4, -0.2) is 34.0 Å². The topological polar surface area (TPSA) is 72.7 Å². The lowest BCUT2D eigenvalue weighted by Crippen LogP contribution is -2.48. The molecule has 1 N–H and O–H groups in total. The Kier molecular flexibility index (Phi) is 4.77. The Morgan fingerprint density at radius 2 is 2.39 bits per heavy atom. The van der Waals surface area contributed by atoms with Gasteiger partial charge in [0, 0.05) is 24.4 Å². The SMILES string of the molecule is CC(C)C[C@H]1OCCC[C@@H]1NC(=O)c1cnc2sccn2c1=O. The normalized spacial score (nSPS) is 21.7. The van der Waals surface area contributed by atoms with E-state index in [-0.39, 0.29) is 29.2 Å². The Hall–Kier alpha value is -1.73. The fourth-order valence-corrected chi connectivity index (χ4v) is 3.60. The highest BCUT2D eigenvalue weighted by Crippen LogP contribution is 2.20. The fraction of sp³-hybridized carbons (Fsp3) is 0.562. The van der Waals surface area contributed by atoms with Crippen LogP contribution in [-0.2, 0) is 4.74 Å². The molecule has 0 spiro atoms. The number of fused-ring (bicyclic) bond motifs is 1. The largest absolute Gasteiger partial charge is 0.376 e. The highest BCUT2D eigenvalue weighted by molar-refractivity contribution is 7.15. The number of rotatable bonds is 4. The predicted molar refractivity (Wildman–Crippen MR) is 89.0 cm³/mol. The zero-order chi connectivity index (χ0) is 16.4. The van der Waals surface area contributed by atoms with Crippen LogP contribution in [0.15, 0.2) is 22.6 Å². The minimum Gasteiger partial charge on any atom is -0.376 e. The highest BCUT2D eigenvalue weighted by Gasteiger charge is 2.29. The van der Waals surface area contributed by atoms with Gasteiger partial charge in [0.2, 0.25) is 0 Å². The van der Waals surface area contributed by atoms with E-state index in [1.807, 2.05) is 0 Å². The number of carbonyl (C=O) groups excluding carboxylic acids is 1. The van der Waals surface area contributed by atoms with E-state index < -0.39 is 0 Å². The number of hydrogen-bond acceptors (Lipinski definition) is 5. The quantitative estimate of drug-likeness (QED) is 0.928. The summed E-state index contributed by atoms with van der Waals surface area (Å²) < 4.78 is 7.22. The van der Waals surface area contributed by atoms with Crippen molar-refractivity contribution in [3.05, 3.63) is 33.7 Å². The maximum absolute atomic E-state index is 12.5. The van der Waals surface area contributed by atoms with Gasteiger partial charge in [0.1, 0.15) is 5.56 Å². The van der Waals surface area contributed by atoms with Crippen LogP contribution in [0.25, 0.3) is 4.96 Å². The third kappa shape index (κ3) is 3.45. The molecule has 0 bridgehead atoms. The predicted octanol–water partition coefficient (Wildman–Crippen LogP) is 2.08. The van der Waals surface area contributed by atoms with E-state index in [1.165, 1.54) is 21.9 Å². The van der Waals surface area contributed by atoms with E-state index >= 15 is 0 Å². The average molecular weight is 335 g/mol. The molecular weight excluding hydrogens is 314 g/mol. The van der Waals surface area contributed by atoms with E-state index in [1.54, 1.807) is 11.6 Å². The lowest BCUT2D eigenvalue weighted by atomic mass is 9.94. The molecule has 2 aromatic rings. The number of nitrogens with zero attached hydrogens (tertiary/aromatic N) is 2. The van der Waals surface area contributed by atoms with E-state index in [2.05, 4.69) is 24.1 Å². The first-order valence-corrected chi connectivity index (χ1v) is 8.81. The summed E-state index contributed by atoms with van der Waals surface area (Å²) in [6.45, 7) is 5.00. The first-order chi connectivity index (χ1) is 11.1. The second-order valence-corrected chi connectivity index (χ2v) is 7.17. The first kappa shape index (κ1) is 16.1. The van der Waals surface area contributed by atoms with Crippen molar-refractivity contribution in [1.29, 1.82) is 0 Å². The Morgan fingerprint density at radius 3 is 3.17 bits per heavy atom. The summed E-state index contributed by atoms with van der Waals surface area (Å²) >= 11 is 1.36. The molecule has 1 amide bonds. The van der Waals surface area contributed by atoms with Gasteiger partial charge in [-0.15, -0.1) is 11.3 Å². The summed E-state index contributed by atoms with van der Waals surface area (Å²) in [5, 5.41) is 4.75. The van der Waals surface area contributed by atoms with E-state index in [4.69, 9.17) is 4.74 Å². The summed E-state index contributed by atoms with van der Waals surface area (Å²) in [4.78, 5) is 29.6. The summed E-state index contributed by atoms with van der Waals surface area (Å²) in [6, 6.07) is -0.0544. The molecule has 1 aliphatic heterocycles. The number of ether oxygens (including phenoxy) is 1. The number of hydrogen-bond donors (Lipinski definition) is 1. The minimum absolute atomic E-state index is 0.00768. The number of nitrogens with one attached hydrogen (secondary N) is 1. The van der Waals surface area contributed by atoms with Crippen LogP contribution >= 0.6 is 11.3 Å². The van der Waals surface area contributed by atoms with Gasteiger partial charge >= 0.3 is 0 Å². The zero-order valence-corrected chi connectivity index (χ0v) is 14.1. The molecule has 0 saturated carbocycles. The van der Waals surface area contributed by atoms with Crippen molar-refractivity contribution in [2.24, 2.45) is 5.92 Å². The van der Waals surface area contributed by atoms with Gasteiger partial charge in [0.05, 0.1) is 12.1 Å². The number of thiazole rings is 1. The van der Waals surface area contributed by atoms with Crippen LogP contribution in [0.1, 0.15) is 43.5 Å². The standard InChI is InChI=1S/C16H21N3O3S/c1-10(2)8-13-12(4-3-6-22-13)18-14(20)11-9-17-16-19(15(11)21)5-7-23-16/h5,7,9-10,12-13H,3-4,6,8H2,1-2H3,(H,18,20)/t12-,13+/m0/s1. The smallest absolute Gasteiger partial charge is 0.271 e. The summed E-state index contributed by atoms with van der Waals surface area (Å²) in [5.41, 5.74) is -0.249. The van der Waals surface area contributed by atoms with Gasteiger partial charge in [-0.1, -0.05) is 13.8 Å². The average Bonchev–Trinajstić information content (AvgIpc) is 2.98.